The van der Waals surface area contributed by atoms with E-state index in [0.717, 1.165) is 22.4 Å². The van der Waals surface area contributed by atoms with Gasteiger partial charge in [0.15, 0.2) is 11.5 Å². The molecule has 0 fully saturated rings. The highest BCUT2D eigenvalue weighted by molar-refractivity contribution is 14.1. The fraction of sp³-hybridized carbons (Fsp3) is 0. The molecule has 4 heteroatoms. The summed E-state index contributed by atoms with van der Waals surface area (Å²) in [5, 5.41) is 11.4. The molecule has 0 N–H and O–H groups in total. The SMILES string of the molecule is Ic1ccc(-c2nnc3c4ccccc4c(-c4ccc(-c5ccccc5)cc4)cn23)cc1. The molecule has 0 spiro atoms. The molecule has 4 aromatic carbocycles. The maximum Gasteiger partial charge on any atom is 0.169 e. The van der Waals surface area contributed by atoms with Crippen molar-refractivity contribution in [2.75, 3.05) is 0 Å². The second kappa shape index (κ2) is 7.88. The molecule has 152 valence electrons. The number of nitrogens with zero attached hydrogens (tertiary/aromatic N) is 3. The monoisotopic (exact) mass is 523 g/mol. The van der Waals surface area contributed by atoms with Crippen molar-refractivity contribution in [3.63, 3.8) is 0 Å². The predicted octanol–water partition coefficient (Wildman–Crippen LogP) is 7.49. The molecule has 2 heterocycles. The Morgan fingerprint density at radius 2 is 1.12 bits per heavy atom. The average molecular weight is 523 g/mol. The number of pyridine rings is 1. The molecule has 0 bridgehead atoms. The van der Waals surface area contributed by atoms with Crippen LogP contribution in [0, 0.1) is 3.57 Å². The highest BCUT2D eigenvalue weighted by Gasteiger charge is 2.15. The Bertz CT molecular complexity index is 1550. The lowest BCUT2D eigenvalue weighted by molar-refractivity contribution is 1.11. The van der Waals surface area contributed by atoms with Gasteiger partial charge in [-0.3, -0.25) is 4.40 Å². The average Bonchev–Trinajstić information content (AvgIpc) is 3.29. The van der Waals surface area contributed by atoms with Crippen LogP contribution in [0.15, 0.2) is 109 Å². The van der Waals surface area contributed by atoms with Crippen molar-refractivity contribution in [3.05, 3.63) is 113 Å². The molecule has 0 aliphatic carbocycles. The lowest BCUT2D eigenvalue weighted by atomic mass is 9.97. The summed E-state index contributed by atoms with van der Waals surface area (Å²) < 4.78 is 3.31. The number of aromatic nitrogens is 3. The van der Waals surface area contributed by atoms with Crippen LogP contribution in [0.3, 0.4) is 0 Å². The van der Waals surface area contributed by atoms with Gasteiger partial charge in [-0.15, -0.1) is 10.2 Å². The zero-order chi connectivity index (χ0) is 21.5. The Balaban J connectivity index is 1.55. The van der Waals surface area contributed by atoms with E-state index in [9.17, 15) is 0 Å². The first-order chi connectivity index (χ1) is 15.8. The van der Waals surface area contributed by atoms with Gasteiger partial charge in [-0.05, 0) is 56.8 Å². The smallest absolute Gasteiger partial charge is 0.169 e. The fourth-order valence-corrected chi connectivity index (χ4v) is 4.57. The van der Waals surface area contributed by atoms with Crippen LogP contribution in [0.25, 0.3) is 50.1 Å². The minimum atomic E-state index is 0.851. The summed E-state index contributed by atoms with van der Waals surface area (Å²) in [6.07, 6.45) is 2.17. The van der Waals surface area contributed by atoms with Gasteiger partial charge in [0, 0.05) is 26.3 Å². The van der Waals surface area contributed by atoms with Gasteiger partial charge in [-0.25, -0.2) is 0 Å². The number of hydrogen-bond donors (Lipinski definition) is 0. The third kappa shape index (κ3) is 3.28. The molecule has 32 heavy (non-hydrogen) atoms. The van der Waals surface area contributed by atoms with Crippen LogP contribution in [0.5, 0.6) is 0 Å². The Kier molecular flexibility index (Phi) is 4.72. The zero-order valence-electron chi connectivity index (χ0n) is 17.1. The molecule has 6 aromatic rings. The first kappa shape index (κ1) is 19.2. The minimum absolute atomic E-state index is 0.851. The molecule has 0 amide bonds. The van der Waals surface area contributed by atoms with E-state index >= 15 is 0 Å². The Hall–Kier alpha value is -3.51. The molecular formula is C28H18IN3. The summed E-state index contributed by atoms with van der Waals surface area (Å²) in [5.74, 6) is 0.851. The highest BCUT2D eigenvalue weighted by Crippen LogP contribution is 2.34. The zero-order valence-corrected chi connectivity index (χ0v) is 19.3. The predicted molar refractivity (Wildman–Crippen MR) is 140 cm³/mol. The first-order valence-electron chi connectivity index (χ1n) is 10.5. The van der Waals surface area contributed by atoms with Crippen LogP contribution in [0.2, 0.25) is 0 Å². The van der Waals surface area contributed by atoms with Crippen LogP contribution in [-0.4, -0.2) is 14.6 Å². The summed E-state index contributed by atoms with van der Waals surface area (Å²) >= 11 is 2.32. The molecule has 6 rings (SSSR count). The van der Waals surface area contributed by atoms with Crippen molar-refractivity contribution in [3.8, 4) is 33.6 Å². The van der Waals surface area contributed by atoms with Crippen molar-refractivity contribution in [1.82, 2.24) is 14.6 Å². The van der Waals surface area contributed by atoms with Crippen molar-refractivity contribution in [2.45, 2.75) is 0 Å². The van der Waals surface area contributed by atoms with Crippen molar-refractivity contribution >= 4 is 39.0 Å². The van der Waals surface area contributed by atoms with Gasteiger partial charge >= 0.3 is 0 Å². The Morgan fingerprint density at radius 1 is 0.531 bits per heavy atom. The van der Waals surface area contributed by atoms with Gasteiger partial charge in [0.2, 0.25) is 0 Å². The summed E-state index contributed by atoms with van der Waals surface area (Å²) in [5.41, 5.74) is 6.70. The Labute approximate surface area is 199 Å². The van der Waals surface area contributed by atoms with E-state index in [-0.39, 0.29) is 0 Å². The molecule has 2 aromatic heterocycles. The van der Waals surface area contributed by atoms with Crippen LogP contribution in [-0.2, 0) is 0 Å². The number of halogens is 1. The van der Waals surface area contributed by atoms with Crippen molar-refractivity contribution in [1.29, 1.82) is 0 Å². The van der Waals surface area contributed by atoms with Gasteiger partial charge in [0.05, 0.1) is 0 Å². The topological polar surface area (TPSA) is 30.2 Å². The molecule has 0 saturated heterocycles. The summed E-state index contributed by atoms with van der Waals surface area (Å²) in [4.78, 5) is 0. The van der Waals surface area contributed by atoms with E-state index in [1.54, 1.807) is 0 Å². The molecule has 3 nitrogen and oxygen atoms in total. The number of rotatable bonds is 3. The second-order valence-corrected chi connectivity index (χ2v) is 9.00. The maximum atomic E-state index is 4.55. The summed E-state index contributed by atoms with van der Waals surface area (Å²) in [6.45, 7) is 0. The van der Waals surface area contributed by atoms with Crippen LogP contribution in [0.4, 0.5) is 0 Å². The first-order valence-corrected chi connectivity index (χ1v) is 11.5. The van der Waals surface area contributed by atoms with E-state index in [2.05, 4.69) is 140 Å². The summed E-state index contributed by atoms with van der Waals surface area (Å²) in [6, 6.07) is 36.1. The fourth-order valence-electron chi connectivity index (χ4n) is 4.21. The third-order valence-corrected chi connectivity index (χ3v) is 6.54. The molecular weight excluding hydrogens is 505 g/mol. The minimum Gasteiger partial charge on any atom is -0.281 e. The van der Waals surface area contributed by atoms with Gasteiger partial charge < -0.3 is 0 Å². The van der Waals surface area contributed by atoms with Crippen LogP contribution < -0.4 is 0 Å². The van der Waals surface area contributed by atoms with Crippen LogP contribution >= 0.6 is 22.6 Å². The highest BCUT2D eigenvalue weighted by atomic mass is 127. The quantitative estimate of drug-likeness (QED) is 0.225. The lowest BCUT2D eigenvalue weighted by Gasteiger charge is -2.11. The summed E-state index contributed by atoms with van der Waals surface area (Å²) in [7, 11) is 0. The van der Waals surface area contributed by atoms with Gasteiger partial charge in [-0.2, -0.15) is 0 Å². The van der Waals surface area contributed by atoms with Crippen molar-refractivity contribution in [2.24, 2.45) is 0 Å². The molecule has 0 atom stereocenters. The maximum absolute atomic E-state index is 4.55. The van der Waals surface area contributed by atoms with Crippen LogP contribution in [0.1, 0.15) is 0 Å². The van der Waals surface area contributed by atoms with E-state index in [1.165, 1.54) is 31.2 Å². The molecule has 0 unspecified atom stereocenters. The standard InChI is InChI=1S/C28H18IN3/c29-23-16-14-22(15-17-23)27-30-31-28-25-9-5-4-8-24(25)26(18-32(27)28)21-12-10-20(11-13-21)19-6-2-1-3-7-19/h1-18H. The van der Waals surface area contributed by atoms with E-state index in [4.69, 9.17) is 0 Å². The van der Waals surface area contributed by atoms with Gasteiger partial charge in [-0.1, -0.05) is 91.0 Å². The largest absolute Gasteiger partial charge is 0.281 e. The number of benzene rings is 4. The lowest BCUT2D eigenvalue weighted by Crippen LogP contribution is -1.93. The molecule has 0 aliphatic rings. The van der Waals surface area contributed by atoms with E-state index in [1.807, 2.05) is 6.07 Å². The van der Waals surface area contributed by atoms with Gasteiger partial charge in [0.1, 0.15) is 0 Å². The van der Waals surface area contributed by atoms with Gasteiger partial charge in [0.25, 0.3) is 0 Å². The third-order valence-electron chi connectivity index (χ3n) is 5.82. The number of hydrogen-bond acceptors (Lipinski definition) is 2. The second-order valence-electron chi connectivity index (χ2n) is 7.76. The van der Waals surface area contributed by atoms with E-state index in [0.29, 0.717) is 0 Å². The van der Waals surface area contributed by atoms with Crippen molar-refractivity contribution < 1.29 is 0 Å². The molecule has 0 aliphatic heterocycles. The molecule has 0 radical (unpaired) electrons. The molecule has 0 saturated carbocycles. The van der Waals surface area contributed by atoms with E-state index < -0.39 is 0 Å². The Morgan fingerprint density at radius 3 is 1.88 bits per heavy atom. The number of fused-ring (bicyclic) bond motifs is 3. The normalized spacial score (nSPS) is 11.3.